The van der Waals surface area contributed by atoms with Crippen LogP contribution in [0.1, 0.15) is 54.4 Å². The zero-order chi connectivity index (χ0) is 20.4. The average molecular weight is 373 g/mol. The molecule has 0 aliphatic carbocycles. The molecule has 8 nitrogen and oxygen atoms in total. The molecule has 0 bridgehead atoms. The van der Waals surface area contributed by atoms with E-state index < -0.39 is 22.9 Å². The number of nitrogens with zero attached hydrogens (tertiary/aromatic N) is 1. The standard InChI is InChI=1S/C18H35N3O5/c1-16(2,3)25-14(22)13-20-10-8-9-18(24,21-12-11-19-7)15(23)26-17(4,5)6/h20-21,24H,7-13H2,1-6H3. The molecule has 26 heavy (non-hydrogen) atoms. The van der Waals surface area contributed by atoms with E-state index in [1.165, 1.54) is 0 Å². The van der Waals surface area contributed by atoms with Gasteiger partial charge >= 0.3 is 11.9 Å². The molecule has 0 aliphatic heterocycles. The van der Waals surface area contributed by atoms with Crippen molar-refractivity contribution in [1.29, 1.82) is 0 Å². The molecular formula is C18H35N3O5. The quantitative estimate of drug-likeness (QED) is 0.215. The number of ether oxygens (including phenoxy) is 2. The second kappa shape index (κ2) is 10.6. The van der Waals surface area contributed by atoms with Crippen molar-refractivity contribution in [3.63, 3.8) is 0 Å². The Morgan fingerprint density at radius 1 is 1.04 bits per heavy atom. The van der Waals surface area contributed by atoms with Gasteiger partial charge in [0.25, 0.3) is 0 Å². The highest BCUT2D eigenvalue weighted by atomic mass is 16.6. The molecule has 1 unspecified atom stereocenters. The summed E-state index contributed by atoms with van der Waals surface area (Å²) in [5.74, 6) is -1.09. The largest absolute Gasteiger partial charge is 0.459 e. The summed E-state index contributed by atoms with van der Waals surface area (Å²) in [5, 5.41) is 16.4. The molecule has 8 heteroatoms. The summed E-state index contributed by atoms with van der Waals surface area (Å²) >= 11 is 0. The van der Waals surface area contributed by atoms with Crippen molar-refractivity contribution in [3.05, 3.63) is 0 Å². The van der Waals surface area contributed by atoms with Crippen LogP contribution in [0.2, 0.25) is 0 Å². The molecule has 0 heterocycles. The maximum Gasteiger partial charge on any atom is 0.354 e. The summed E-state index contributed by atoms with van der Waals surface area (Å²) in [6, 6.07) is 0. The lowest BCUT2D eigenvalue weighted by Gasteiger charge is -2.31. The van der Waals surface area contributed by atoms with Crippen molar-refractivity contribution in [1.82, 2.24) is 10.6 Å². The number of hydrogen-bond donors (Lipinski definition) is 3. The van der Waals surface area contributed by atoms with Crippen LogP contribution in [-0.4, -0.2) is 66.9 Å². The van der Waals surface area contributed by atoms with Gasteiger partial charge in [-0.25, -0.2) is 4.79 Å². The van der Waals surface area contributed by atoms with Crippen LogP contribution in [0.25, 0.3) is 0 Å². The number of hydrogen-bond acceptors (Lipinski definition) is 8. The Morgan fingerprint density at radius 3 is 2.12 bits per heavy atom. The highest BCUT2D eigenvalue weighted by Gasteiger charge is 2.38. The van der Waals surface area contributed by atoms with E-state index in [1.54, 1.807) is 41.5 Å². The van der Waals surface area contributed by atoms with Gasteiger partial charge in [-0.3, -0.25) is 15.1 Å². The number of carbonyl (C=O) groups excluding carboxylic acids is 2. The van der Waals surface area contributed by atoms with Crippen molar-refractivity contribution >= 4 is 18.7 Å². The van der Waals surface area contributed by atoms with E-state index in [0.29, 0.717) is 26.1 Å². The number of rotatable bonds is 11. The Balaban J connectivity index is 4.48. The third kappa shape index (κ3) is 11.9. The zero-order valence-electron chi connectivity index (χ0n) is 17.0. The molecule has 1 atom stereocenters. The molecule has 0 aromatic carbocycles. The van der Waals surface area contributed by atoms with Crippen molar-refractivity contribution in [2.24, 2.45) is 4.99 Å². The summed E-state index contributed by atoms with van der Waals surface area (Å²) in [6.07, 6.45) is 0.577. The van der Waals surface area contributed by atoms with E-state index in [9.17, 15) is 14.7 Å². The molecule has 0 fully saturated rings. The molecule has 0 aliphatic rings. The Morgan fingerprint density at radius 2 is 1.62 bits per heavy atom. The van der Waals surface area contributed by atoms with Gasteiger partial charge in [-0.1, -0.05) is 0 Å². The highest BCUT2D eigenvalue weighted by Crippen LogP contribution is 2.17. The molecule has 0 spiro atoms. The SMILES string of the molecule is C=NCCNC(O)(CCCNCC(=O)OC(C)(C)C)C(=O)OC(C)(C)C. The molecule has 3 N–H and O–H groups in total. The lowest BCUT2D eigenvalue weighted by Crippen LogP contribution is -2.55. The predicted octanol–water partition coefficient (Wildman–Crippen LogP) is 1.02. The lowest BCUT2D eigenvalue weighted by atomic mass is 10.1. The third-order valence-electron chi connectivity index (χ3n) is 3.01. The minimum Gasteiger partial charge on any atom is -0.459 e. The van der Waals surface area contributed by atoms with Crippen LogP contribution in [-0.2, 0) is 19.1 Å². The van der Waals surface area contributed by atoms with Crippen LogP contribution in [0.3, 0.4) is 0 Å². The minimum atomic E-state index is -1.81. The molecule has 0 aromatic heterocycles. The van der Waals surface area contributed by atoms with Crippen molar-refractivity contribution in [2.45, 2.75) is 71.3 Å². The predicted molar refractivity (Wildman–Crippen MR) is 101 cm³/mol. The topological polar surface area (TPSA) is 109 Å². The van der Waals surface area contributed by atoms with Gasteiger partial charge in [0.1, 0.15) is 11.2 Å². The Kier molecular flexibility index (Phi) is 9.98. The number of esters is 2. The molecule has 152 valence electrons. The molecule has 0 rings (SSSR count). The normalized spacial score (nSPS) is 14.4. The first-order chi connectivity index (χ1) is 11.8. The van der Waals surface area contributed by atoms with Gasteiger partial charge in [-0.05, 0) is 61.2 Å². The van der Waals surface area contributed by atoms with Gasteiger partial charge in [0.05, 0.1) is 13.1 Å². The van der Waals surface area contributed by atoms with E-state index >= 15 is 0 Å². The number of aliphatic hydroxyl groups is 1. The minimum absolute atomic E-state index is 0.0654. The van der Waals surface area contributed by atoms with Crippen molar-refractivity contribution in [3.8, 4) is 0 Å². The van der Waals surface area contributed by atoms with E-state index in [1.807, 2.05) is 0 Å². The maximum atomic E-state index is 12.3. The Hall–Kier alpha value is -1.51. The number of nitrogens with one attached hydrogen (secondary N) is 2. The second-order valence-corrected chi connectivity index (χ2v) is 8.10. The van der Waals surface area contributed by atoms with Crippen LogP contribution in [0.4, 0.5) is 0 Å². The summed E-state index contributed by atoms with van der Waals surface area (Å²) in [6.45, 7) is 15.1. The van der Waals surface area contributed by atoms with E-state index in [0.717, 1.165) is 0 Å². The van der Waals surface area contributed by atoms with Gasteiger partial charge < -0.3 is 19.9 Å². The fourth-order valence-electron chi connectivity index (χ4n) is 2.00. The highest BCUT2D eigenvalue weighted by molar-refractivity contribution is 5.79. The smallest absolute Gasteiger partial charge is 0.354 e. The van der Waals surface area contributed by atoms with Gasteiger partial charge in [-0.15, -0.1) is 0 Å². The monoisotopic (exact) mass is 373 g/mol. The molecule has 0 saturated heterocycles. The van der Waals surface area contributed by atoms with Crippen LogP contribution >= 0.6 is 0 Å². The fraction of sp³-hybridized carbons (Fsp3) is 0.833. The van der Waals surface area contributed by atoms with Crippen molar-refractivity contribution < 1.29 is 24.2 Å². The van der Waals surface area contributed by atoms with Gasteiger partial charge in [-0.2, -0.15) is 0 Å². The third-order valence-corrected chi connectivity index (χ3v) is 3.01. The lowest BCUT2D eigenvalue weighted by molar-refractivity contribution is -0.182. The maximum absolute atomic E-state index is 12.3. The molecule has 0 saturated carbocycles. The molecule has 0 amide bonds. The second-order valence-electron chi connectivity index (χ2n) is 8.10. The van der Waals surface area contributed by atoms with Crippen LogP contribution in [0.5, 0.6) is 0 Å². The first-order valence-corrected chi connectivity index (χ1v) is 8.85. The first-order valence-electron chi connectivity index (χ1n) is 8.85. The summed E-state index contributed by atoms with van der Waals surface area (Å²) in [5.41, 5.74) is -3.05. The van der Waals surface area contributed by atoms with E-state index in [2.05, 4.69) is 22.3 Å². The molecule has 0 aromatic rings. The van der Waals surface area contributed by atoms with E-state index in [-0.39, 0.29) is 18.9 Å². The van der Waals surface area contributed by atoms with E-state index in [4.69, 9.17) is 9.47 Å². The molecular weight excluding hydrogens is 338 g/mol. The van der Waals surface area contributed by atoms with Gasteiger partial charge in [0.15, 0.2) is 0 Å². The van der Waals surface area contributed by atoms with Crippen LogP contribution in [0, 0.1) is 0 Å². The molecule has 0 radical (unpaired) electrons. The van der Waals surface area contributed by atoms with Crippen molar-refractivity contribution in [2.75, 3.05) is 26.2 Å². The first kappa shape index (κ1) is 24.5. The van der Waals surface area contributed by atoms with Crippen LogP contribution in [0.15, 0.2) is 4.99 Å². The van der Waals surface area contributed by atoms with Gasteiger partial charge in [0.2, 0.25) is 5.72 Å². The van der Waals surface area contributed by atoms with Crippen LogP contribution < -0.4 is 10.6 Å². The Labute approximate surface area is 156 Å². The zero-order valence-corrected chi connectivity index (χ0v) is 17.0. The number of aliphatic imine (C=N–C) groups is 1. The summed E-state index contributed by atoms with van der Waals surface area (Å²) in [4.78, 5) is 27.6. The van der Waals surface area contributed by atoms with Gasteiger partial charge in [0, 0.05) is 13.0 Å². The fourth-order valence-corrected chi connectivity index (χ4v) is 2.00. The summed E-state index contributed by atoms with van der Waals surface area (Å²) in [7, 11) is 0. The Bertz CT molecular complexity index is 468. The average Bonchev–Trinajstić information content (AvgIpc) is 2.43. The summed E-state index contributed by atoms with van der Waals surface area (Å²) < 4.78 is 10.5. The number of carbonyl (C=O) groups is 2.